The van der Waals surface area contributed by atoms with Crippen LogP contribution in [-0.4, -0.2) is 40.7 Å². The van der Waals surface area contributed by atoms with Gasteiger partial charge in [-0.15, -0.1) is 11.3 Å². The molecule has 0 saturated heterocycles. The fourth-order valence-electron chi connectivity index (χ4n) is 3.07. The summed E-state index contributed by atoms with van der Waals surface area (Å²) in [6, 6.07) is 5.53. The third kappa shape index (κ3) is 5.65. The number of methoxy groups -OCH3 is 1. The van der Waals surface area contributed by atoms with E-state index in [-0.39, 0.29) is 49.3 Å². The number of aromatic nitrogens is 3. The Balaban J connectivity index is 1.88. The number of carbonyl (C=O) groups is 1. The first-order valence-electron chi connectivity index (χ1n) is 10.1. The van der Waals surface area contributed by atoms with E-state index < -0.39 is 17.2 Å². The van der Waals surface area contributed by atoms with Crippen molar-refractivity contribution >= 4 is 28.7 Å². The third-order valence-electron chi connectivity index (χ3n) is 4.64. The lowest BCUT2D eigenvalue weighted by molar-refractivity contribution is 0.0971. The van der Waals surface area contributed by atoms with Gasteiger partial charge in [0.25, 0.3) is 11.5 Å². The molecule has 3 aromatic rings. The lowest BCUT2D eigenvalue weighted by Crippen LogP contribution is -2.42. The van der Waals surface area contributed by atoms with E-state index in [9.17, 15) is 18.8 Å². The number of thiazole rings is 1. The van der Waals surface area contributed by atoms with Crippen molar-refractivity contribution in [3.63, 3.8) is 0 Å². The van der Waals surface area contributed by atoms with Crippen molar-refractivity contribution in [3.8, 4) is 5.75 Å². The normalized spacial score (nSPS) is 10.9. The van der Waals surface area contributed by atoms with Gasteiger partial charge in [-0.25, -0.2) is 14.2 Å². The molecule has 0 aliphatic carbocycles. The Morgan fingerprint density at radius 3 is 2.70 bits per heavy atom. The molecule has 0 radical (unpaired) electrons. The SMILES string of the molecule is CCCn1c(N)c(N(CCOC)C(=O)c2csc(COc3ccc(F)cc3)n2)c(=O)[nH]c1=O. The second-order valence-electron chi connectivity index (χ2n) is 6.96. The number of nitrogens with two attached hydrogens (primary N) is 1. The third-order valence-corrected chi connectivity index (χ3v) is 5.46. The van der Waals surface area contributed by atoms with Gasteiger partial charge in [0.2, 0.25) is 0 Å². The monoisotopic (exact) mass is 477 g/mol. The first-order valence-corrected chi connectivity index (χ1v) is 11.0. The van der Waals surface area contributed by atoms with Gasteiger partial charge in [0.1, 0.15) is 34.7 Å². The second-order valence-corrected chi connectivity index (χ2v) is 7.91. The number of hydrogen-bond acceptors (Lipinski definition) is 8. The molecule has 0 atom stereocenters. The number of H-pyrrole nitrogens is 1. The zero-order valence-electron chi connectivity index (χ0n) is 18.2. The van der Waals surface area contributed by atoms with E-state index in [1.165, 1.54) is 52.7 Å². The summed E-state index contributed by atoms with van der Waals surface area (Å²) in [6.45, 7) is 2.36. The van der Waals surface area contributed by atoms with Crippen molar-refractivity contribution in [2.45, 2.75) is 26.5 Å². The van der Waals surface area contributed by atoms with Crippen LogP contribution in [0.15, 0.2) is 39.2 Å². The summed E-state index contributed by atoms with van der Waals surface area (Å²) >= 11 is 1.20. The van der Waals surface area contributed by atoms with Crippen LogP contribution in [0, 0.1) is 5.82 Å². The maximum atomic E-state index is 13.3. The summed E-state index contributed by atoms with van der Waals surface area (Å²) in [6.07, 6.45) is 0.602. The summed E-state index contributed by atoms with van der Waals surface area (Å²) in [7, 11) is 1.46. The highest BCUT2D eigenvalue weighted by atomic mass is 32.1. The van der Waals surface area contributed by atoms with Gasteiger partial charge < -0.3 is 15.2 Å². The Morgan fingerprint density at radius 1 is 1.30 bits per heavy atom. The van der Waals surface area contributed by atoms with Gasteiger partial charge in [-0.2, -0.15) is 0 Å². The number of benzene rings is 1. The predicted molar refractivity (Wildman–Crippen MR) is 122 cm³/mol. The van der Waals surface area contributed by atoms with E-state index in [1.807, 2.05) is 6.92 Å². The lowest BCUT2D eigenvalue weighted by atomic mass is 10.3. The van der Waals surface area contributed by atoms with Gasteiger partial charge in [0.15, 0.2) is 5.69 Å². The van der Waals surface area contributed by atoms with Crippen LogP contribution in [0.5, 0.6) is 5.75 Å². The highest BCUT2D eigenvalue weighted by Gasteiger charge is 2.26. The highest BCUT2D eigenvalue weighted by molar-refractivity contribution is 7.09. The first kappa shape index (κ1) is 24.1. The summed E-state index contributed by atoms with van der Waals surface area (Å²) in [5, 5.41) is 2.05. The van der Waals surface area contributed by atoms with Crippen LogP contribution < -0.4 is 26.6 Å². The molecular formula is C21H24FN5O5S. The van der Waals surface area contributed by atoms with Crippen molar-refractivity contribution in [3.05, 3.63) is 67.0 Å². The van der Waals surface area contributed by atoms with E-state index in [0.717, 1.165) is 4.90 Å². The Kier molecular flexibility index (Phi) is 7.96. The molecule has 3 N–H and O–H groups in total. The Bertz CT molecular complexity index is 1220. The van der Waals surface area contributed by atoms with Crippen LogP contribution in [0.1, 0.15) is 28.8 Å². The Morgan fingerprint density at radius 2 is 2.03 bits per heavy atom. The van der Waals surface area contributed by atoms with E-state index in [0.29, 0.717) is 17.2 Å². The molecule has 1 aromatic carbocycles. The van der Waals surface area contributed by atoms with E-state index in [1.54, 1.807) is 0 Å². The number of carbonyl (C=O) groups excluding carboxylic acids is 1. The van der Waals surface area contributed by atoms with Crippen LogP contribution >= 0.6 is 11.3 Å². The van der Waals surface area contributed by atoms with E-state index >= 15 is 0 Å². The minimum Gasteiger partial charge on any atom is -0.486 e. The topological polar surface area (TPSA) is 133 Å². The molecule has 0 unspecified atom stereocenters. The molecule has 3 rings (SSSR count). The largest absolute Gasteiger partial charge is 0.486 e. The summed E-state index contributed by atoms with van der Waals surface area (Å²) < 4.78 is 24.9. The van der Waals surface area contributed by atoms with Crippen LogP contribution in [0.25, 0.3) is 0 Å². The van der Waals surface area contributed by atoms with Crippen molar-refractivity contribution < 1.29 is 18.7 Å². The molecule has 2 aromatic heterocycles. The minimum atomic E-state index is -0.774. The van der Waals surface area contributed by atoms with Gasteiger partial charge in [-0.05, 0) is 30.7 Å². The molecule has 176 valence electrons. The fourth-order valence-corrected chi connectivity index (χ4v) is 3.75. The average molecular weight is 478 g/mol. The smallest absolute Gasteiger partial charge is 0.330 e. The fraction of sp³-hybridized carbons (Fsp3) is 0.333. The van der Waals surface area contributed by atoms with Crippen molar-refractivity contribution in [1.82, 2.24) is 14.5 Å². The number of ether oxygens (including phenoxy) is 2. The van der Waals surface area contributed by atoms with Gasteiger partial charge >= 0.3 is 5.69 Å². The number of rotatable bonds is 10. The van der Waals surface area contributed by atoms with Crippen LogP contribution in [0.4, 0.5) is 15.9 Å². The number of anilines is 2. The van der Waals surface area contributed by atoms with Crippen molar-refractivity contribution in [1.29, 1.82) is 0 Å². The molecule has 33 heavy (non-hydrogen) atoms. The summed E-state index contributed by atoms with van der Waals surface area (Å²) in [5.74, 6) is -0.598. The molecule has 12 heteroatoms. The molecule has 2 heterocycles. The number of nitrogen functional groups attached to an aromatic ring is 1. The zero-order valence-corrected chi connectivity index (χ0v) is 19.0. The van der Waals surface area contributed by atoms with Gasteiger partial charge in [0.05, 0.1) is 6.61 Å². The predicted octanol–water partition coefficient (Wildman–Crippen LogP) is 2.00. The molecule has 0 bridgehead atoms. The van der Waals surface area contributed by atoms with Crippen molar-refractivity contribution in [2.75, 3.05) is 30.9 Å². The molecule has 1 amide bonds. The number of halogens is 1. The highest BCUT2D eigenvalue weighted by Crippen LogP contribution is 2.21. The second kappa shape index (κ2) is 10.9. The summed E-state index contributed by atoms with van der Waals surface area (Å²) in [4.78, 5) is 45.7. The first-order chi connectivity index (χ1) is 15.8. The number of nitrogens with one attached hydrogen (secondary N) is 1. The van der Waals surface area contributed by atoms with E-state index in [2.05, 4.69) is 9.97 Å². The molecule has 0 spiro atoms. The Hall–Kier alpha value is -3.51. The maximum absolute atomic E-state index is 13.3. The summed E-state index contributed by atoms with van der Waals surface area (Å²) in [5.41, 5.74) is 4.66. The van der Waals surface area contributed by atoms with Crippen LogP contribution in [-0.2, 0) is 17.9 Å². The minimum absolute atomic E-state index is 0.0197. The number of nitrogens with zero attached hydrogens (tertiary/aromatic N) is 3. The average Bonchev–Trinajstić information content (AvgIpc) is 3.27. The molecule has 0 fully saturated rings. The number of aromatic amines is 1. The zero-order chi connectivity index (χ0) is 24.0. The quantitative estimate of drug-likeness (QED) is 0.456. The van der Waals surface area contributed by atoms with Crippen LogP contribution in [0.3, 0.4) is 0 Å². The van der Waals surface area contributed by atoms with Gasteiger partial charge in [-0.1, -0.05) is 6.92 Å². The number of hydrogen-bond donors (Lipinski definition) is 2. The molecule has 0 aliphatic rings. The van der Waals surface area contributed by atoms with Gasteiger partial charge in [0, 0.05) is 25.6 Å². The maximum Gasteiger partial charge on any atom is 0.330 e. The van der Waals surface area contributed by atoms with Gasteiger partial charge in [-0.3, -0.25) is 24.0 Å². The molecule has 0 saturated carbocycles. The van der Waals surface area contributed by atoms with Crippen LogP contribution in [0.2, 0.25) is 0 Å². The number of amides is 1. The molecule has 10 nitrogen and oxygen atoms in total. The van der Waals surface area contributed by atoms with E-state index in [4.69, 9.17) is 15.2 Å². The standard InChI is InChI=1S/C21H24FN5O5S/c1-3-8-27-18(23)17(19(28)25-21(27)30)26(9-10-31-2)20(29)15-12-33-16(24-15)11-32-14-6-4-13(22)5-7-14/h4-7,12H,3,8-11,23H2,1-2H3,(H,25,28,30). The molecular weight excluding hydrogens is 453 g/mol. The lowest BCUT2D eigenvalue weighted by Gasteiger charge is -2.23. The molecule has 0 aliphatic heterocycles. The Labute approximate surface area is 192 Å². The van der Waals surface area contributed by atoms with Crippen molar-refractivity contribution in [2.24, 2.45) is 0 Å².